The predicted molar refractivity (Wildman–Crippen MR) is 112 cm³/mol. The minimum atomic E-state index is -0.593. The standard InChI is InChI=1S/C21H24N4O3S/c1-3-15(4-2)22-21(26)18-11-25(16-7-5-6-8-17(16)27-18)12-19-23-20(24-28-19)14-9-10-29-13-14/h5-10,13,15,18H,3-4,11-12H2,1-2H3,(H,22,26). The number of hydrogen-bond acceptors (Lipinski definition) is 7. The van der Waals surface area contributed by atoms with Crippen LogP contribution in [0.2, 0.25) is 0 Å². The summed E-state index contributed by atoms with van der Waals surface area (Å²) < 4.78 is 11.5. The van der Waals surface area contributed by atoms with Gasteiger partial charge in [-0.15, -0.1) is 0 Å². The Morgan fingerprint density at radius 1 is 1.31 bits per heavy atom. The molecule has 1 aliphatic heterocycles. The van der Waals surface area contributed by atoms with Crippen LogP contribution in [-0.2, 0) is 11.3 Å². The van der Waals surface area contributed by atoms with Gasteiger partial charge in [0, 0.05) is 17.0 Å². The number of anilines is 1. The molecule has 3 aromatic rings. The maximum atomic E-state index is 12.8. The molecular formula is C21H24N4O3S. The van der Waals surface area contributed by atoms with Crippen LogP contribution in [0.4, 0.5) is 5.69 Å². The molecule has 1 amide bonds. The van der Waals surface area contributed by atoms with Crippen LogP contribution in [0.15, 0.2) is 45.6 Å². The summed E-state index contributed by atoms with van der Waals surface area (Å²) >= 11 is 1.59. The number of nitrogens with one attached hydrogen (secondary N) is 1. The monoisotopic (exact) mass is 412 g/mol. The molecule has 1 aliphatic rings. The highest BCUT2D eigenvalue weighted by molar-refractivity contribution is 7.08. The van der Waals surface area contributed by atoms with E-state index >= 15 is 0 Å². The number of thiophene rings is 1. The third-order valence-electron chi connectivity index (χ3n) is 5.06. The van der Waals surface area contributed by atoms with E-state index in [0.29, 0.717) is 30.6 Å². The lowest BCUT2D eigenvalue weighted by Crippen LogP contribution is -2.51. The van der Waals surface area contributed by atoms with E-state index in [-0.39, 0.29) is 11.9 Å². The van der Waals surface area contributed by atoms with Crippen molar-refractivity contribution >= 4 is 22.9 Å². The number of nitrogens with zero attached hydrogens (tertiary/aromatic N) is 3. The van der Waals surface area contributed by atoms with Gasteiger partial charge in [-0.2, -0.15) is 16.3 Å². The molecule has 1 atom stereocenters. The number of aromatic nitrogens is 2. The van der Waals surface area contributed by atoms with Crippen LogP contribution >= 0.6 is 11.3 Å². The summed E-state index contributed by atoms with van der Waals surface area (Å²) in [6.07, 6.45) is 1.19. The molecule has 1 unspecified atom stereocenters. The van der Waals surface area contributed by atoms with E-state index in [2.05, 4.69) is 34.2 Å². The molecule has 0 fully saturated rings. The molecule has 0 saturated heterocycles. The van der Waals surface area contributed by atoms with Gasteiger partial charge in [0.25, 0.3) is 5.91 Å². The Morgan fingerprint density at radius 3 is 2.90 bits per heavy atom. The van der Waals surface area contributed by atoms with E-state index in [1.807, 2.05) is 41.1 Å². The number of carbonyl (C=O) groups excluding carboxylic acids is 1. The molecule has 3 heterocycles. The molecule has 2 aromatic heterocycles. The lowest BCUT2D eigenvalue weighted by atomic mass is 10.1. The first-order chi connectivity index (χ1) is 14.2. The summed E-state index contributed by atoms with van der Waals surface area (Å²) in [5, 5.41) is 11.1. The molecule has 0 aliphatic carbocycles. The van der Waals surface area contributed by atoms with Crippen molar-refractivity contribution in [2.24, 2.45) is 0 Å². The van der Waals surface area contributed by atoms with Crippen LogP contribution in [0.1, 0.15) is 32.6 Å². The molecular weight excluding hydrogens is 388 g/mol. The van der Waals surface area contributed by atoms with Crippen molar-refractivity contribution in [3.05, 3.63) is 47.0 Å². The Labute approximate surface area is 173 Å². The number of fused-ring (bicyclic) bond motifs is 1. The largest absolute Gasteiger partial charge is 0.477 e. The summed E-state index contributed by atoms with van der Waals surface area (Å²) in [5.74, 6) is 1.66. The summed E-state index contributed by atoms with van der Waals surface area (Å²) in [7, 11) is 0. The highest BCUT2D eigenvalue weighted by Crippen LogP contribution is 2.34. The molecule has 8 heteroatoms. The van der Waals surface area contributed by atoms with Crippen LogP contribution in [0.5, 0.6) is 5.75 Å². The third-order valence-corrected chi connectivity index (χ3v) is 5.74. The van der Waals surface area contributed by atoms with Gasteiger partial charge >= 0.3 is 0 Å². The lowest BCUT2D eigenvalue weighted by molar-refractivity contribution is -0.128. The van der Waals surface area contributed by atoms with E-state index in [0.717, 1.165) is 24.1 Å². The molecule has 152 valence electrons. The summed E-state index contributed by atoms with van der Waals surface area (Å²) in [4.78, 5) is 19.3. The number of ether oxygens (including phenoxy) is 1. The first-order valence-corrected chi connectivity index (χ1v) is 10.8. The Hall–Kier alpha value is -2.87. The number of carbonyl (C=O) groups is 1. The second kappa shape index (κ2) is 8.65. The summed E-state index contributed by atoms with van der Waals surface area (Å²) in [5.41, 5.74) is 1.85. The number of amides is 1. The Morgan fingerprint density at radius 2 is 2.14 bits per heavy atom. The van der Waals surface area contributed by atoms with E-state index in [4.69, 9.17) is 9.26 Å². The van der Waals surface area contributed by atoms with Gasteiger partial charge in [0.15, 0.2) is 6.10 Å². The minimum absolute atomic E-state index is 0.0947. The zero-order valence-corrected chi connectivity index (χ0v) is 17.3. The van der Waals surface area contributed by atoms with E-state index < -0.39 is 6.10 Å². The summed E-state index contributed by atoms with van der Waals surface area (Å²) in [6, 6.07) is 9.82. The Bertz CT molecular complexity index is 953. The van der Waals surface area contributed by atoms with Gasteiger partial charge in [-0.3, -0.25) is 4.79 Å². The van der Waals surface area contributed by atoms with Gasteiger partial charge in [0.05, 0.1) is 18.8 Å². The predicted octanol–water partition coefficient (Wildman–Crippen LogP) is 3.87. The zero-order chi connectivity index (χ0) is 20.2. The molecule has 7 nitrogen and oxygen atoms in total. The van der Waals surface area contributed by atoms with Crippen LogP contribution in [0, 0.1) is 0 Å². The second-order valence-corrected chi connectivity index (χ2v) is 7.78. The van der Waals surface area contributed by atoms with Gasteiger partial charge in [-0.1, -0.05) is 31.1 Å². The lowest BCUT2D eigenvalue weighted by Gasteiger charge is -2.35. The average Bonchev–Trinajstić information content (AvgIpc) is 3.43. The van der Waals surface area contributed by atoms with Crippen molar-refractivity contribution in [3.8, 4) is 17.1 Å². The van der Waals surface area contributed by atoms with Crippen molar-refractivity contribution < 1.29 is 14.1 Å². The normalized spacial score (nSPS) is 15.8. The highest BCUT2D eigenvalue weighted by atomic mass is 32.1. The van der Waals surface area contributed by atoms with Gasteiger partial charge in [-0.05, 0) is 36.4 Å². The van der Waals surface area contributed by atoms with Gasteiger partial charge < -0.3 is 19.5 Å². The van der Waals surface area contributed by atoms with Crippen molar-refractivity contribution in [1.29, 1.82) is 0 Å². The van der Waals surface area contributed by atoms with Crippen LogP contribution in [-0.4, -0.2) is 34.7 Å². The fourth-order valence-corrected chi connectivity index (χ4v) is 4.01. The number of rotatable bonds is 7. The molecule has 29 heavy (non-hydrogen) atoms. The number of para-hydroxylation sites is 2. The Kier molecular flexibility index (Phi) is 5.80. The van der Waals surface area contributed by atoms with Crippen molar-refractivity contribution in [2.75, 3.05) is 11.4 Å². The van der Waals surface area contributed by atoms with E-state index in [9.17, 15) is 4.79 Å². The van der Waals surface area contributed by atoms with Gasteiger partial charge in [0.2, 0.25) is 11.7 Å². The van der Waals surface area contributed by atoms with Crippen molar-refractivity contribution in [3.63, 3.8) is 0 Å². The number of hydrogen-bond donors (Lipinski definition) is 1. The average molecular weight is 413 g/mol. The Balaban J connectivity index is 1.53. The second-order valence-electron chi connectivity index (χ2n) is 7.00. The van der Waals surface area contributed by atoms with Crippen LogP contribution in [0.25, 0.3) is 11.4 Å². The molecule has 0 bridgehead atoms. The fourth-order valence-electron chi connectivity index (χ4n) is 3.37. The first kappa shape index (κ1) is 19.4. The maximum Gasteiger partial charge on any atom is 0.263 e. The maximum absolute atomic E-state index is 12.8. The minimum Gasteiger partial charge on any atom is -0.477 e. The molecule has 0 radical (unpaired) electrons. The number of benzene rings is 1. The summed E-state index contributed by atoms with van der Waals surface area (Å²) in [6.45, 7) is 4.96. The van der Waals surface area contributed by atoms with Crippen LogP contribution < -0.4 is 15.0 Å². The van der Waals surface area contributed by atoms with E-state index in [1.54, 1.807) is 11.3 Å². The topological polar surface area (TPSA) is 80.5 Å². The molecule has 1 N–H and O–H groups in total. The third kappa shape index (κ3) is 4.27. The highest BCUT2D eigenvalue weighted by Gasteiger charge is 2.32. The molecule has 1 aromatic carbocycles. The van der Waals surface area contributed by atoms with E-state index in [1.165, 1.54) is 0 Å². The fraction of sp³-hybridized carbons (Fsp3) is 0.381. The SMILES string of the molecule is CCC(CC)NC(=O)C1CN(Cc2nc(-c3ccsc3)no2)c2ccccc2O1. The molecule has 4 rings (SSSR count). The van der Waals surface area contributed by atoms with Crippen molar-refractivity contribution in [2.45, 2.75) is 45.4 Å². The van der Waals surface area contributed by atoms with Gasteiger partial charge in [-0.25, -0.2) is 0 Å². The van der Waals surface area contributed by atoms with Crippen LogP contribution in [0.3, 0.4) is 0 Å². The van der Waals surface area contributed by atoms with Crippen molar-refractivity contribution in [1.82, 2.24) is 15.5 Å². The quantitative estimate of drug-likeness (QED) is 0.635. The molecule has 0 saturated carbocycles. The molecule has 0 spiro atoms. The first-order valence-electron chi connectivity index (χ1n) is 9.84. The van der Waals surface area contributed by atoms with Gasteiger partial charge in [0.1, 0.15) is 5.75 Å². The smallest absolute Gasteiger partial charge is 0.263 e. The zero-order valence-electron chi connectivity index (χ0n) is 16.5.